The van der Waals surface area contributed by atoms with Gasteiger partial charge in [0.1, 0.15) is 0 Å². The van der Waals surface area contributed by atoms with Gasteiger partial charge in [-0.05, 0) is 20.3 Å². The van der Waals surface area contributed by atoms with Crippen molar-refractivity contribution in [3.05, 3.63) is 0 Å². The highest BCUT2D eigenvalue weighted by Crippen LogP contribution is 2.15. The molecule has 0 rings (SSSR count). The fourth-order valence-corrected chi connectivity index (χ4v) is 3.13. The monoisotopic (exact) mass is 248 g/mol. The van der Waals surface area contributed by atoms with Crippen LogP contribution in [-0.2, 0) is 10.0 Å². The van der Waals surface area contributed by atoms with E-state index in [4.69, 9.17) is 5.26 Å². The number of rotatable bonds is 6. The van der Waals surface area contributed by atoms with Crippen LogP contribution >= 0.6 is 0 Å². The second kappa shape index (κ2) is 5.62. The number of likely N-dealkylation sites (N-methyl/N-ethyl adjacent to an activating group) is 1. The fourth-order valence-electron chi connectivity index (χ4n) is 1.36. The van der Waals surface area contributed by atoms with Crippen LogP contribution < -0.4 is 0 Å². The van der Waals surface area contributed by atoms with E-state index in [1.807, 2.05) is 0 Å². The Bertz CT molecular complexity index is 351. The van der Waals surface area contributed by atoms with Crippen LogP contribution in [0.4, 0.5) is 0 Å². The Hall–Kier alpha value is -0.640. The van der Waals surface area contributed by atoms with Crippen molar-refractivity contribution in [1.29, 1.82) is 5.26 Å². The van der Waals surface area contributed by atoms with E-state index in [0.29, 0.717) is 0 Å². The van der Waals surface area contributed by atoms with Crippen molar-refractivity contribution in [3.63, 3.8) is 0 Å². The van der Waals surface area contributed by atoms with Gasteiger partial charge < -0.3 is 5.11 Å². The average Bonchev–Trinajstić information content (AvgIpc) is 2.14. The lowest BCUT2D eigenvalue weighted by Gasteiger charge is -2.28. The molecule has 6 heteroatoms. The third-order valence-electron chi connectivity index (χ3n) is 2.15. The Kier molecular flexibility index (Phi) is 5.39. The first-order chi connectivity index (χ1) is 7.19. The quantitative estimate of drug-likeness (QED) is 0.750. The topological polar surface area (TPSA) is 81.4 Å². The van der Waals surface area contributed by atoms with Crippen LogP contribution in [0.5, 0.6) is 0 Å². The van der Waals surface area contributed by atoms with Gasteiger partial charge in [0.05, 0.1) is 11.7 Å². The average molecular weight is 248 g/mol. The Balaban J connectivity index is 5.04. The molecule has 0 radical (unpaired) electrons. The molecule has 0 aromatic carbocycles. The van der Waals surface area contributed by atoms with Crippen LogP contribution in [0, 0.1) is 11.3 Å². The minimum absolute atomic E-state index is 0.00398. The van der Waals surface area contributed by atoms with E-state index in [1.54, 1.807) is 33.8 Å². The van der Waals surface area contributed by atoms with Gasteiger partial charge in [-0.15, -0.1) is 0 Å². The summed E-state index contributed by atoms with van der Waals surface area (Å²) in [5.74, 6) is 0. The van der Waals surface area contributed by atoms with Crippen molar-refractivity contribution in [2.45, 2.75) is 45.0 Å². The summed E-state index contributed by atoms with van der Waals surface area (Å²) in [6.07, 6.45) is 0.251. The molecule has 0 aromatic rings. The molecule has 0 saturated carbocycles. The molecule has 16 heavy (non-hydrogen) atoms. The zero-order chi connectivity index (χ0) is 13.0. The second-order valence-electron chi connectivity index (χ2n) is 4.31. The molecule has 1 N–H and O–H groups in total. The van der Waals surface area contributed by atoms with Gasteiger partial charge in [0, 0.05) is 13.1 Å². The number of aliphatic hydroxyl groups is 1. The van der Waals surface area contributed by atoms with Crippen LogP contribution in [0.3, 0.4) is 0 Å². The third kappa shape index (κ3) is 4.08. The molecule has 0 fully saturated rings. The van der Waals surface area contributed by atoms with Gasteiger partial charge in [0.15, 0.2) is 5.25 Å². The molecule has 0 spiro atoms. The Labute approximate surface area is 97.7 Å². The van der Waals surface area contributed by atoms with Crippen LogP contribution in [0.15, 0.2) is 0 Å². The lowest BCUT2D eigenvalue weighted by Crippen LogP contribution is -2.45. The molecule has 0 aliphatic carbocycles. The van der Waals surface area contributed by atoms with Crippen molar-refractivity contribution in [1.82, 2.24) is 4.31 Å². The summed E-state index contributed by atoms with van der Waals surface area (Å²) in [4.78, 5) is 0. The van der Waals surface area contributed by atoms with Crippen molar-refractivity contribution >= 4 is 10.0 Å². The fraction of sp³-hybridized carbons (Fsp3) is 0.900. The summed E-state index contributed by atoms with van der Waals surface area (Å²) in [7, 11) is -3.63. The van der Waals surface area contributed by atoms with Crippen LogP contribution in [-0.4, -0.2) is 41.8 Å². The maximum atomic E-state index is 12.0. The molecular weight excluding hydrogens is 228 g/mol. The summed E-state index contributed by atoms with van der Waals surface area (Å²) in [5.41, 5.74) is -1.10. The normalized spacial score (nSPS) is 14.8. The van der Waals surface area contributed by atoms with Gasteiger partial charge >= 0.3 is 0 Å². The Morgan fingerprint density at radius 2 is 1.94 bits per heavy atom. The largest absolute Gasteiger partial charge is 0.389 e. The second-order valence-corrected chi connectivity index (χ2v) is 6.42. The molecule has 0 amide bonds. The SMILES string of the molecule is CCC(C#N)S(=O)(=O)N(CC)CC(C)(C)O. The maximum Gasteiger partial charge on any atom is 0.230 e. The number of hydrogen-bond acceptors (Lipinski definition) is 4. The highest BCUT2D eigenvalue weighted by Gasteiger charge is 2.32. The molecule has 94 valence electrons. The van der Waals surface area contributed by atoms with Gasteiger partial charge in [-0.1, -0.05) is 13.8 Å². The van der Waals surface area contributed by atoms with Gasteiger partial charge in [-0.25, -0.2) is 8.42 Å². The van der Waals surface area contributed by atoms with E-state index >= 15 is 0 Å². The molecule has 0 saturated heterocycles. The first-order valence-electron chi connectivity index (χ1n) is 5.30. The van der Waals surface area contributed by atoms with Crippen molar-refractivity contribution in [3.8, 4) is 6.07 Å². The summed E-state index contributed by atoms with van der Waals surface area (Å²) in [5, 5.41) is 17.4. The first-order valence-corrected chi connectivity index (χ1v) is 6.80. The minimum Gasteiger partial charge on any atom is -0.389 e. The first kappa shape index (κ1) is 15.4. The zero-order valence-corrected chi connectivity index (χ0v) is 11.1. The summed E-state index contributed by atoms with van der Waals surface area (Å²) in [6, 6.07) is 1.78. The standard InChI is InChI=1S/C10H20N2O3S/c1-5-9(7-11)16(14,15)12(6-2)8-10(3,4)13/h9,13H,5-6,8H2,1-4H3. The summed E-state index contributed by atoms with van der Waals surface area (Å²) >= 11 is 0. The van der Waals surface area contributed by atoms with E-state index in [2.05, 4.69) is 0 Å². The maximum absolute atomic E-state index is 12.0. The highest BCUT2D eigenvalue weighted by molar-refractivity contribution is 7.90. The van der Waals surface area contributed by atoms with Crippen LogP contribution in [0.25, 0.3) is 0 Å². The zero-order valence-electron chi connectivity index (χ0n) is 10.3. The molecule has 1 unspecified atom stereocenters. The highest BCUT2D eigenvalue weighted by atomic mass is 32.2. The van der Waals surface area contributed by atoms with Crippen molar-refractivity contribution in [2.75, 3.05) is 13.1 Å². The third-order valence-corrected chi connectivity index (χ3v) is 4.42. The molecule has 0 aliphatic heterocycles. The number of nitrogens with zero attached hydrogens (tertiary/aromatic N) is 2. The van der Waals surface area contributed by atoms with Crippen molar-refractivity contribution < 1.29 is 13.5 Å². The lowest BCUT2D eigenvalue weighted by atomic mass is 10.1. The van der Waals surface area contributed by atoms with E-state index in [-0.39, 0.29) is 19.5 Å². The number of nitriles is 1. The molecular formula is C10H20N2O3S. The molecule has 1 atom stereocenters. The number of sulfonamides is 1. The summed E-state index contributed by atoms with van der Waals surface area (Å²) in [6.45, 7) is 6.68. The van der Waals surface area contributed by atoms with Crippen LogP contribution in [0.1, 0.15) is 34.1 Å². The summed E-state index contributed by atoms with van der Waals surface area (Å²) < 4.78 is 25.1. The lowest BCUT2D eigenvalue weighted by molar-refractivity contribution is 0.0600. The minimum atomic E-state index is -3.63. The van der Waals surface area contributed by atoms with Gasteiger partial charge in [0.25, 0.3) is 0 Å². The Morgan fingerprint density at radius 1 is 1.44 bits per heavy atom. The van der Waals surface area contributed by atoms with E-state index in [1.165, 1.54) is 0 Å². The van der Waals surface area contributed by atoms with Crippen LogP contribution in [0.2, 0.25) is 0 Å². The van der Waals surface area contributed by atoms with E-state index in [0.717, 1.165) is 4.31 Å². The van der Waals surface area contributed by atoms with Gasteiger partial charge in [-0.2, -0.15) is 9.57 Å². The number of hydrogen-bond donors (Lipinski definition) is 1. The molecule has 0 bridgehead atoms. The molecule has 0 aliphatic rings. The molecule has 5 nitrogen and oxygen atoms in total. The molecule has 0 aromatic heterocycles. The van der Waals surface area contributed by atoms with Crippen molar-refractivity contribution in [2.24, 2.45) is 0 Å². The predicted molar refractivity (Wildman–Crippen MR) is 62.2 cm³/mol. The molecule has 0 heterocycles. The Morgan fingerprint density at radius 3 is 2.19 bits per heavy atom. The smallest absolute Gasteiger partial charge is 0.230 e. The van der Waals surface area contributed by atoms with E-state index in [9.17, 15) is 13.5 Å². The van der Waals surface area contributed by atoms with Gasteiger partial charge in [0.2, 0.25) is 10.0 Å². The predicted octanol–water partition coefficient (Wildman–Crippen LogP) is 0.711. The van der Waals surface area contributed by atoms with E-state index < -0.39 is 20.9 Å². The van der Waals surface area contributed by atoms with Gasteiger partial charge in [-0.3, -0.25) is 0 Å².